The van der Waals surface area contributed by atoms with Crippen molar-refractivity contribution < 1.29 is 23.3 Å². The molecule has 4 aromatic carbocycles. The van der Waals surface area contributed by atoms with Crippen molar-refractivity contribution in [1.82, 2.24) is 0 Å². The van der Waals surface area contributed by atoms with Gasteiger partial charge in [0.1, 0.15) is 0 Å². The monoisotopic (exact) mass is 588 g/mol. The Hall–Kier alpha value is -1.06. The molecule has 0 atom stereocenters. The molecule has 2 heterocycles. The van der Waals surface area contributed by atoms with Crippen molar-refractivity contribution in [2.24, 2.45) is 0 Å². The molecule has 0 bridgehead atoms. The maximum Gasteiger partial charge on any atom is 0.0162 e. The Morgan fingerprint density at radius 2 is 0.912 bits per heavy atom. The zero-order valence-electron chi connectivity index (χ0n) is 20.3. The third-order valence-electron chi connectivity index (χ3n) is 6.15. The summed E-state index contributed by atoms with van der Waals surface area (Å²) in [5.41, 5.74) is 2.81. The summed E-state index contributed by atoms with van der Waals surface area (Å²) >= 11 is 1.36. The average molecular weight is 591 g/mol. The Morgan fingerprint density at radius 3 is 1.24 bits per heavy atom. The van der Waals surface area contributed by atoms with Crippen molar-refractivity contribution in [2.45, 2.75) is 25.7 Å². The van der Waals surface area contributed by atoms with Gasteiger partial charge in [0.15, 0.2) is 0 Å². The summed E-state index contributed by atoms with van der Waals surface area (Å²) in [6.07, 6.45) is 5.39. The van der Waals surface area contributed by atoms with Crippen LogP contribution in [0.5, 0.6) is 0 Å². The molecule has 2 fully saturated rings. The van der Waals surface area contributed by atoms with Crippen LogP contribution in [0, 0.1) is 14.9 Å². The van der Waals surface area contributed by atoms with E-state index in [0.717, 1.165) is 0 Å². The van der Waals surface area contributed by atoms with Gasteiger partial charge >= 0.3 is 30.2 Å². The van der Waals surface area contributed by atoms with Gasteiger partial charge in [-0.1, -0.05) is 23.5 Å². The van der Waals surface area contributed by atoms with E-state index >= 15 is 0 Å². The van der Waals surface area contributed by atoms with E-state index in [1.165, 1.54) is 108 Å². The quantitative estimate of drug-likeness (QED) is 0.175. The topological polar surface area (TPSA) is 6.48 Å². The van der Waals surface area contributed by atoms with Crippen molar-refractivity contribution in [3.8, 4) is 0 Å². The fourth-order valence-electron chi connectivity index (χ4n) is 4.58. The van der Waals surface area contributed by atoms with Gasteiger partial charge in [-0.15, -0.1) is 107 Å². The normalized spacial score (nSPS) is 13.9. The minimum Gasteiger partial charge on any atom is -0.388 e. The van der Waals surface area contributed by atoms with Gasteiger partial charge in [0.05, 0.1) is 0 Å². The first-order valence-electron chi connectivity index (χ1n) is 10.9. The van der Waals surface area contributed by atoms with Crippen LogP contribution in [0.3, 0.4) is 0 Å². The molecule has 184 valence electrons. The van der Waals surface area contributed by atoms with Crippen LogP contribution in [-0.2, 0) is 23.3 Å². The molecule has 0 aromatic heterocycles. The van der Waals surface area contributed by atoms with E-state index in [-0.39, 0.29) is 39.7 Å². The van der Waals surface area contributed by atoms with Crippen LogP contribution >= 0.6 is 24.8 Å². The molecule has 2 radical (unpaired) electrons. The van der Waals surface area contributed by atoms with Crippen LogP contribution in [-0.4, -0.2) is 33.1 Å². The second kappa shape index (κ2) is 16.6. The van der Waals surface area contributed by atoms with Crippen LogP contribution in [0.1, 0.15) is 25.7 Å². The molecule has 0 N–H and O–H groups in total. The van der Waals surface area contributed by atoms with Gasteiger partial charge in [0.2, 0.25) is 0 Å². The molecule has 2 saturated heterocycles. The second-order valence-corrected chi connectivity index (χ2v) is 8.07. The maximum absolute atomic E-state index is 3.06. The summed E-state index contributed by atoms with van der Waals surface area (Å²) in [7, 11) is 0. The molecule has 0 saturated carbocycles. The number of benzene rings is 2. The summed E-state index contributed by atoms with van der Waals surface area (Å²) in [5, 5.41) is 5.48. The van der Waals surface area contributed by atoms with E-state index in [9.17, 15) is 0 Å². The predicted molar refractivity (Wildman–Crippen MR) is 155 cm³/mol. The van der Waals surface area contributed by atoms with Crippen molar-refractivity contribution >= 4 is 64.6 Å². The zero-order valence-corrected chi connectivity index (χ0v) is 25.4. The number of anilines is 2. The van der Waals surface area contributed by atoms with Gasteiger partial charge in [0.25, 0.3) is 0 Å². The Kier molecular flexibility index (Phi) is 16.1. The van der Waals surface area contributed by atoms with Crippen molar-refractivity contribution in [2.75, 3.05) is 36.0 Å². The minimum absolute atomic E-state index is 0. The molecule has 2 aliphatic rings. The first kappa shape index (κ1) is 32.9. The second-order valence-electron chi connectivity index (χ2n) is 8.07. The fourth-order valence-corrected chi connectivity index (χ4v) is 4.58. The molecular formula is C28H36Cl2N2SiZr-4. The molecule has 6 rings (SSSR count). The number of fused-ring (bicyclic) bond motifs is 2. The number of halogens is 2. The van der Waals surface area contributed by atoms with Gasteiger partial charge in [-0.3, -0.25) is 0 Å². The molecule has 4 aromatic rings. The fraction of sp³-hybridized carbons (Fsp3) is 0.286. The predicted octanol–water partition coefficient (Wildman–Crippen LogP) is 7.68. The van der Waals surface area contributed by atoms with E-state index in [1.807, 2.05) is 0 Å². The molecule has 2 nitrogen and oxygen atoms in total. The standard InChI is InChI=1S/2C13H14N.2CH3.2ClH.Si.Zr/c2*1-2-6-12-10-13(9-11(12)5-1)14-7-3-4-8-14;;;;;;/h2*1-2,5-6,9-10H,3-4,7-8H2;2*1H3;2*1H;;/q4*-1;;;;. The molecule has 0 amide bonds. The summed E-state index contributed by atoms with van der Waals surface area (Å²) in [6.45, 7) is 7.99. The first-order valence-corrected chi connectivity index (χ1v) is 15.1. The molecule has 0 spiro atoms. The molecule has 6 heteroatoms. The van der Waals surface area contributed by atoms with Gasteiger partial charge in [0, 0.05) is 26.2 Å². The average Bonchev–Trinajstić information content (AvgIpc) is 3.60. The minimum atomic E-state index is 0. The van der Waals surface area contributed by atoms with Gasteiger partial charge < -0.3 is 24.7 Å². The molecule has 0 aliphatic carbocycles. The summed E-state index contributed by atoms with van der Waals surface area (Å²) in [5.74, 6) is 0. The largest absolute Gasteiger partial charge is 0.388 e. The number of hydrogen-bond acceptors (Lipinski definition) is 2. The van der Waals surface area contributed by atoms with Crippen LogP contribution in [0.2, 0.25) is 0 Å². The van der Waals surface area contributed by atoms with Crippen LogP contribution in [0.15, 0.2) is 72.8 Å². The van der Waals surface area contributed by atoms with Crippen molar-refractivity contribution in [3.05, 3.63) is 87.6 Å². The van der Waals surface area contributed by atoms with E-state index < -0.39 is 0 Å². The first-order chi connectivity index (χ1) is 14.9. The van der Waals surface area contributed by atoms with Gasteiger partial charge in [-0.05, 0) is 25.7 Å². The number of rotatable bonds is 2. The SMILES string of the molecule is Cl.Cl.[CH3-].[CH3-].[Si]=[Zr].c1ccc2[cH-]c(N3CCCC3)cc2c1.c1ccc2[cH-]c(N3CCCC3)cc2c1. The Bertz CT molecular complexity index is 930. The molecule has 2 aliphatic heterocycles. The summed E-state index contributed by atoms with van der Waals surface area (Å²) in [4.78, 5) is 4.97. The summed E-state index contributed by atoms with van der Waals surface area (Å²) < 4.78 is 0. The van der Waals surface area contributed by atoms with Gasteiger partial charge in [-0.2, -0.15) is 0 Å². The van der Waals surface area contributed by atoms with Crippen LogP contribution < -0.4 is 9.80 Å². The van der Waals surface area contributed by atoms with Crippen LogP contribution in [0.4, 0.5) is 11.4 Å². The third-order valence-corrected chi connectivity index (χ3v) is 6.15. The number of nitrogens with zero attached hydrogens (tertiary/aromatic N) is 2. The maximum atomic E-state index is 3.06. The van der Waals surface area contributed by atoms with Crippen LogP contribution in [0.25, 0.3) is 21.5 Å². The number of hydrogen-bond donors (Lipinski definition) is 0. The van der Waals surface area contributed by atoms with Crippen molar-refractivity contribution in [3.63, 3.8) is 0 Å². The Labute approximate surface area is 235 Å². The third kappa shape index (κ3) is 7.98. The molecule has 34 heavy (non-hydrogen) atoms. The van der Waals surface area contributed by atoms with E-state index in [1.54, 1.807) is 0 Å². The van der Waals surface area contributed by atoms with E-state index in [2.05, 4.69) is 89.5 Å². The Morgan fingerprint density at radius 1 is 0.588 bits per heavy atom. The smallest absolute Gasteiger partial charge is 0.0162 e. The summed E-state index contributed by atoms with van der Waals surface area (Å²) in [6, 6.07) is 26.4. The molecular weight excluding hydrogens is 555 g/mol. The van der Waals surface area contributed by atoms with E-state index in [0.29, 0.717) is 0 Å². The molecule has 0 unspecified atom stereocenters. The van der Waals surface area contributed by atoms with E-state index in [4.69, 9.17) is 0 Å². The Balaban J connectivity index is 0.000000538. The van der Waals surface area contributed by atoms with Gasteiger partial charge in [-0.25, -0.2) is 0 Å². The van der Waals surface area contributed by atoms with Crippen molar-refractivity contribution in [1.29, 1.82) is 0 Å². The zero-order chi connectivity index (χ0) is 20.8.